The van der Waals surface area contributed by atoms with Gasteiger partial charge in [0.15, 0.2) is 0 Å². The number of ether oxygens (including phenoxy) is 1. The number of carbonyl (C=O) groups excluding carboxylic acids is 1. The van der Waals surface area contributed by atoms with Crippen LogP contribution in [0.25, 0.3) is 0 Å². The average Bonchev–Trinajstić information content (AvgIpc) is 2.34. The Morgan fingerprint density at radius 3 is 2.45 bits per heavy atom. The molecule has 0 saturated carbocycles. The molecule has 0 atom stereocenters. The van der Waals surface area contributed by atoms with Gasteiger partial charge < -0.3 is 15.4 Å². The Labute approximate surface area is 115 Å². The number of esters is 1. The van der Waals surface area contributed by atoms with E-state index in [0.717, 1.165) is 4.90 Å². The molecule has 0 spiro atoms. The predicted molar refractivity (Wildman–Crippen MR) is 70.7 cm³/mol. The van der Waals surface area contributed by atoms with Crippen molar-refractivity contribution in [1.29, 1.82) is 0 Å². The van der Waals surface area contributed by atoms with E-state index < -0.39 is 24.7 Å². The van der Waals surface area contributed by atoms with Crippen molar-refractivity contribution >= 4 is 17.3 Å². The number of nitrogens with zero attached hydrogens (tertiary/aromatic N) is 1. The predicted octanol–water partition coefficient (Wildman–Crippen LogP) is 2.83. The number of alkyl halides is 3. The SMILES string of the molecule is COC(=O)c1cc(N)ccc1N(CC(F)(F)F)C(C)C. The summed E-state index contributed by atoms with van der Waals surface area (Å²) in [5.41, 5.74) is 6.03. The maximum Gasteiger partial charge on any atom is 0.405 e. The van der Waals surface area contributed by atoms with Crippen LogP contribution in [-0.2, 0) is 4.74 Å². The monoisotopic (exact) mass is 290 g/mol. The van der Waals surface area contributed by atoms with Crippen LogP contribution in [-0.4, -0.2) is 31.8 Å². The first-order chi connectivity index (χ1) is 9.15. The van der Waals surface area contributed by atoms with Gasteiger partial charge in [0.1, 0.15) is 6.54 Å². The molecule has 0 radical (unpaired) electrons. The average molecular weight is 290 g/mol. The second kappa shape index (κ2) is 6.02. The van der Waals surface area contributed by atoms with Crippen molar-refractivity contribution in [1.82, 2.24) is 0 Å². The van der Waals surface area contributed by atoms with Crippen molar-refractivity contribution in [2.45, 2.75) is 26.1 Å². The second-order valence-electron chi connectivity index (χ2n) is 4.60. The molecular weight excluding hydrogens is 273 g/mol. The van der Waals surface area contributed by atoms with Gasteiger partial charge in [-0.05, 0) is 32.0 Å². The maximum atomic E-state index is 12.7. The molecule has 0 amide bonds. The number of hydrogen-bond acceptors (Lipinski definition) is 4. The van der Waals surface area contributed by atoms with Gasteiger partial charge in [0, 0.05) is 11.7 Å². The van der Waals surface area contributed by atoms with E-state index in [9.17, 15) is 18.0 Å². The third kappa shape index (κ3) is 4.04. The third-order valence-electron chi connectivity index (χ3n) is 2.71. The standard InChI is InChI=1S/C13H17F3N2O2/c1-8(2)18(7-13(14,15)16)11-5-4-9(17)6-10(11)12(19)20-3/h4-6,8H,7,17H2,1-3H3. The molecule has 0 bridgehead atoms. The van der Waals surface area contributed by atoms with Gasteiger partial charge in [0.05, 0.1) is 18.4 Å². The van der Waals surface area contributed by atoms with E-state index in [4.69, 9.17) is 5.73 Å². The molecule has 0 aliphatic carbocycles. The summed E-state index contributed by atoms with van der Waals surface area (Å²) in [5.74, 6) is -0.722. The molecule has 20 heavy (non-hydrogen) atoms. The normalized spacial score (nSPS) is 11.6. The number of nitrogens with two attached hydrogens (primary N) is 1. The molecule has 1 aromatic rings. The zero-order valence-electron chi connectivity index (χ0n) is 11.5. The fourth-order valence-electron chi connectivity index (χ4n) is 1.82. The molecular formula is C13H17F3N2O2. The molecule has 0 aliphatic rings. The summed E-state index contributed by atoms with van der Waals surface area (Å²) in [7, 11) is 1.17. The Balaban J connectivity index is 3.29. The zero-order valence-corrected chi connectivity index (χ0v) is 11.5. The minimum Gasteiger partial charge on any atom is -0.465 e. The lowest BCUT2D eigenvalue weighted by Gasteiger charge is -2.31. The Hall–Kier alpha value is -1.92. The molecule has 0 fully saturated rings. The van der Waals surface area contributed by atoms with E-state index in [1.54, 1.807) is 13.8 Å². The Morgan fingerprint density at radius 2 is 2.00 bits per heavy atom. The summed E-state index contributed by atoms with van der Waals surface area (Å²) in [4.78, 5) is 12.8. The number of methoxy groups -OCH3 is 1. The summed E-state index contributed by atoms with van der Waals surface area (Å²) >= 11 is 0. The highest BCUT2D eigenvalue weighted by Gasteiger charge is 2.33. The number of rotatable bonds is 4. The van der Waals surface area contributed by atoms with Crippen molar-refractivity contribution in [3.8, 4) is 0 Å². The molecule has 112 valence electrons. The van der Waals surface area contributed by atoms with Crippen LogP contribution < -0.4 is 10.6 Å². The number of nitrogen functional groups attached to an aromatic ring is 1. The summed E-state index contributed by atoms with van der Waals surface area (Å²) < 4.78 is 42.6. The van der Waals surface area contributed by atoms with Crippen molar-refractivity contribution < 1.29 is 22.7 Å². The molecule has 1 rings (SSSR count). The van der Waals surface area contributed by atoms with E-state index >= 15 is 0 Å². The van der Waals surface area contributed by atoms with E-state index in [1.807, 2.05) is 0 Å². The van der Waals surface area contributed by atoms with Crippen molar-refractivity contribution in [2.24, 2.45) is 0 Å². The highest BCUT2D eigenvalue weighted by atomic mass is 19.4. The Bertz CT molecular complexity index is 487. The van der Waals surface area contributed by atoms with Crippen LogP contribution in [0.4, 0.5) is 24.5 Å². The summed E-state index contributed by atoms with van der Waals surface area (Å²) in [5, 5.41) is 0. The number of halogens is 3. The molecule has 0 saturated heterocycles. The highest BCUT2D eigenvalue weighted by molar-refractivity contribution is 5.97. The minimum absolute atomic E-state index is 0.0189. The third-order valence-corrected chi connectivity index (χ3v) is 2.71. The Morgan fingerprint density at radius 1 is 1.40 bits per heavy atom. The molecule has 0 aliphatic heterocycles. The molecule has 0 unspecified atom stereocenters. The molecule has 2 N–H and O–H groups in total. The molecule has 0 heterocycles. The van der Waals surface area contributed by atoms with E-state index in [0.29, 0.717) is 0 Å². The first-order valence-corrected chi connectivity index (χ1v) is 5.97. The first kappa shape index (κ1) is 16.1. The van der Waals surface area contributed by atoms with Crippen LogP contribution in [0.5, 0.6) is 0 Å². The van der Waals surface area contributed by atoms with Gasteiger partial charge in [-0.15, -0.1) is 0 Å². The molecule has 0 aromatic heterocycles. The largest absolute Gasteiger partial charge is 0.465 e. The summed E-state index contributed by atoms with van der Waals surface area (Å²) in [6.45, 7) is 2.07. The fourth-order valence-corrected chi connectivity index (χ4v) is 1.82. The number of hydrogen-bond donors (Lipinski definition) is 1. The van der Waals surface area contributed by atoms with E-state index in [1.165, 1.54) is 25.3 Å². The molecule has 1 aromatic carbocycles. The maximum absolute atomic E-state index is 12.7. The van der Waals surface area contributed by atoms with Gasteiger partial charge in [-0.3, -0.25) is 0 Å². The van der Waals surface area contributed by atoms with Crippen LogP contribution in [0.3, 0.4) is 0 Å². The van der Waals surface area contributed by atoms with Gasteiger partial charge in [-0.1, -0.05) is 0 Å². The van der Waals surface area contributed by atoms with Crippen LogP contribution in [0.1, 0.15) is 24.2 Å². The topological polar surface area (TPSA) is 55.6 Å². The van der Waals surface area contributed by atoms with Crippen LogP contribution in [0.2, 0.25) is 0 Å². The van der Waals surface area contributed by atoms with Crippen LogP contribution in [0, 0.1) is 0 Å². The first-order valence-electron chi connectivity index (χ1n) is 5.97. The quantitative estimate of drug-likeness (QED) is 0.684. The van der Waals surface area contributed by atoms with Crippen molar-refractivity contribution in [2.75, 3.05) is 24.3 Å². The van der Waals surface area contributed by atoms with Gasteiger partial charge in [0.2, 0.25) is 0 Å². The lowest BCUT2D eigenvalue weighted by atomic mass is 10.1. The summed E-state index contributed by atoms with van der Waals surface area (Å²) in [6, 6.07) is 3.72. The number of carbonyl (C=O) groups is 1. The van der Waals surface area contributed by atoms with Gasteiger partial charge >= 0.3 is 12.1 Å². The minimum atomic E-state index is -4.38. The lowest BCUT2D eigenvalue weighted by molar-refractivity contribution is -0.120. The molecule has 4 nitrogen and oxygen atoms in total. The fraction of sp³-hybridized carbons (Fsp3) is 0.462. The van der Waals surface area contributed by atoms with Crippen molar-refractivity contribution in [3.63, 3.8) is 0 Å². The van der Waals surface area contributed by atoms with Crippen LogP contribution in [0.15, 0.2) is 18.2 Å². The zero-order chi connectivity index (χ0) is 15.5. The number of anilines is 2. The van der Waals surface area contributed by atoms with Gasteiger partial charge in [0.25, 0.3) is 0 Å². The van der Waals surface area contributed by atoms with Gasteiger partial charge in [-0.2, -0.15) is 13.2 Å². The number of benzene rings is 1. The van der Waals surface area contributed by atoms with Crippen LogP contribution >= 0.6 is 0 Å². The Kier molecular flexibility index (Phi) is 4.86. The smallest absolute Gasteiger partial charge is 0.405 e. The van der Waals surface area contributed by atoms with E-state index in [-0.39, 0.29) is 16.9 Å². The second-order valence-corrected chi connectivity index (χ2v) is 4.60. The van der Waals surface area contributed by atoms with Crippen molar-refractivity contribution in [3.05, 3.63) is 23.8 Å². The van der Waals surface area contributed by atoms with Gasteiger partial charge in [-0.25, -0.2) is 4.79 Å². The van der Waals surface area contributed by atoms with E-state index in [2.05, 4.69) is 4.74 Å². The molecule has 7 heteroatoms. The summed E-state index contributed by atoms with van der Waals surface area (Å²) in [6.07, 6.45) is -4.38. The highest BCUT2D eigenvalue weighted by Crippen LogP contribution is 2.29. The lowest BCUT2D eigenvalue weighted by Crippen LogP contribution is -2.40.